The van der Waals surface area contributed by atoms with E-state index >= 15 is 0 Å². The van der Waals surface area contributed by atoms with Crippen molar-refractivity contribution in [2.75, 3.05) is 0 Å². The SMILES string of the molecule is N#CC1(C(=O)NC2CCC(c3ccc(F)cc3)CC2)CC12CCCC2. The second-order valence-electron chi connectivity index (χ2n) is 8.25. The van der Waals surface area contributed by atoms with Gasteiger partial charge in [0.2, 0.25) is 5.91 Å². The highest BCUT2D eigenvalue weighted by molar-refractivity contribution is 5.90. The molecular weight excluding hydrogens is 315 g/mol. The van der Waals surface area contributed by atoms with E-state index in [1.54, 1.807) is 0 Å². The fourth-order valence-electron chi connectivity index (χ4n) is 5.26. The van der Waals surface area contributed by atoms with Crippen LogP contribution in [-0.4, -0.2) is 11.9 Å². The summed E-state index contributed by atoms with van der Waals surface area (Å²) in [7, 11) is 0. The lowest BCUT2D eigenvalue weighted by Gasteiger charge is -2.30. The number of rotatable bonds is 3. The molecule has 3 aliphatic carbocycles. The fourth-order valence-corrected chi connectivity index (χ4v) is 5.26. The number of nitrogens with zero attached hydrogens (tertiary/aromatic N) is 1. The van der Waals surface area contributed by atoms with Crippen molar-refractivity contribution in [2.24, 2.45) is 10.8 Å². The molecule has 0 heterocycles. The smallest absolute Gasteiger partial charge is 0.241 e. The van der Waals surface area contributed by atoms with Gasteiger partial charge in [-0.1, -0.05) is 25.0 Å². The fraction of sp³-hybridized carbons (Fsp3) is 0.619. The van der Waals surface area contributed by atoms with Gasteiger partial charge in [0.05, 0.1) is 6.07 Å². The summed E-state index contributed by atoms with van der Waals surface area (Å²) in [4.78, 5) is 12.8. The van der Waals surface area contributed by atoms with Gasteiger partial charge in [-0.25, -0.2) is 4.39 Å². The van der Waals surface area contributed by atoms with Crippen LogP contribution < -0.4 is 5.32 Å². The van der Waals surface area contributed by atoms with Crippen LogP contribution in [0.25, 0.3) is 0 Å². The monoisotopic (exact) mass is 340 g/mol. The van der Waals surface area contributed by atoms with Gasteiger partial charge in [-0.05, 0) is 68.6 Å². The molecule has 1 aromatic rings. The molecular formula is C21H25FN2O. The predicted molar refractivity (Wildman–Crippen MR) is 93.1 cm³/mol. The number of benzene rings is 1. The Bertz CT molecular complexity index is 694. The first-order valence-corrected chi connectivity index (χ1v) is 9.56. The van der Waals surface area contributed by atoms with E-state index in [2.05, 4.69) is 11.4 Å². The molecule has 1 N–H and O–H groups in total. The van der Waals surface area contributed by atoms with Crippen molar-refractivity contribution in [1.82, 2.24) is 5.32 Å². The molecule has 1 spiro atoms. The molecule has 3 aliphatic rings. The quantitative estimate of drug-likeness (QED) is 0.884. The lowest BCUT2D eigenvalue weighted by molar-refractivity contribution is -0.126. The average molecular weight is 340 g/mol. The molecule has 0 aromatic heterocycles. The van der Waals surface area contributed by atoms with Gasteiger partial charge in [-0.2, -0.15) is 5.26 Å². The van der Waals surface area contributed by atoms with Gasteiger partial charge in [-0.15, -0.1) is 0 Å². The zero-order chi connectivity index (χ0) is 17.5. The molecule has 0 bridgehead atoms. The predicted octanol–water partition coefficient (Wildman–Crippen LogP) is 4.44. The molecule has 1 amide bonds. The van der Waals surface area contributed by atoms with E-state index in [0.29, 0.717) is 5.92 Å². The Hall–Kier alpha value is -1.89. The lowest BCUT2D eigenvalue weighted by Crippen LogP contribution is -2.42. The molecule has 3 nitrogen and oxygen atoms in total. The summed E-state index contributed by atoms with van der Waals surface area (Å²) >= 11 is 0. The van der Waals surface area contributed by atoms with E-state index in [1.807, 2.05) is 12.1 Å². The van der Waals surface area contributed by atoms with Gasteiger partial charge in [0.15, 0.2) is 0 Å². The van der Waals surface area contributed by atoms with Crippen LogP contribution in [0.2, 0.25) is 0 Å². The maximum Gasteiger partial charge on any atom is 0.241 e. The number of carbonyl (C=O) groups excluding carboxylic acids is 1. The van der Waals surface area contributed by atoms with Gasteiger partial charge in [-0.3, -0.25) is 4.79 Å². The van der Waals surface area contributed by atoms with Gasteiger partial charge >= 0.3 is 0 Å². The Balaban J connectivity index is 1.34. The van der Waals surface area contributed by atoms with Crippen LogP contribution in [0.3, 0.4) is 0 Å². The third kappa shape index (κ3) is 2.74. The first kappa shape index (κ1) is 16.6. The maximum atomic E-state index is 13.1. The second kappa shape index (κ2) is 6.12. The van der Waals surface area contributed by atoms with E-state index in [4.69, 9.17) is 0 Å². The molecule has 4 heteroatoms. The first-order valence-electron chi connectivity index (χ1n) is 9.56. The van der Waals surface area contributed by atoms with Crippen molar-refractivity contribution in [1.29, 1.82) is 5.26 Å². The topological polar surface area (TPSA) is 52.9 Å². The minimum absolute atomic E-state index is 0.0167. The van der Waals surface area contributed by atoms with E-state index < -0.39 is 5.41 Å². The molecule has 4 rings (SSSR count). The van der Waals surface area contributed by atoms with Crippen molar-refractivity contribution >= 4 is 5.91 Å². The summed E-state index contributed by atoms with van der Waals surface area (Å²) in [5.74, 6) is 0.222. The van der Waals surface area contributed by atoms with E-state index in [-0.39, 0.29) is 23.2 Å². The van der Waals surface area contributed by atoms with Gasteiger partial charge in [0, 0.05) is 11.5 Å². The van der Waals surface area contributed by atoms with E-state index in [0.717, 1.165) is 57.8 Å². The maximum absolute atomic E-state index is 13.1. The highest BCUT2D eigenvalue weighted by Crippen LogP contribution is 2.71. The van der Waals surface area contributed by atoms with E-state index in [1.165, 1.54) is 17.7 Å². The number of carbonyl (C=O) groups is 1. The van der Waals surface area contributed by atoms with Crippen molar-refractivity contribution in [3.05, 3.63) is 35.6 Å². The normalized spacial score (nSPS) is 33.0. The zero-order valence-corrected chi connectivity index (χ0v) is 14.6. The largest absolute Gasteiger partial charge is 0.352 e. The highest BCUT2D eigenvalue weighted by Gasteiger charge is 2.72. The molecule has 25 heavy (non-hydrogen) atoms. The number of halogens is 1. The average Bonchev–Trinajstić information content (AvgIpc) is 3.02. The van der Waals surface area contributed by atoms with Crippen LogP contribution >= 0.6 is 0 Å². The van der Waals surface area contributed by atoms with Crippen LogP contribution in [0, 0.1) is 28.0 Å². The van der Waals surface area contributed by atoms with Crippen molar-refractivity contribution in [2.45, 2.75) is 69.7 Å². The Morgan fingerprint density at radius 3 is 2.36 bits per heavy atom. The molecule has 3 saturated carbocycles. The van der Waals surface area contributed by atoms with Crippen LogP contribution in [0.15, 0.2) is 24.3 Å². The third-order valence-electron chi connectivity index (χ3n) is 6.93. The standard InChI is InChI=1S/C21H25FN2O/c22-17-7-3-15(4-8-17)16-5-9-18(10-6-16)24-19(25)21(14-23)13-20(21)11-1-2-12-20/h3-4,7-8,16,18H,1-2,5-6,9-13H2,(H,24,25). The lowest BCUT2D eigenvalue weighted by atomic mass is 9.81. The minimum Gasteiger partial charge on any atom is -0.352 e. The molecule has 1 atom stereocenters. The van der Waals surface area contributed by atoms with Crippen LogP contribution in [0.4, 0.5) is 4.39 Å². The molecule has 1 aromatic carbocycles. The van der Waals surface area contributed by atoms with Crippen LogP contribution in [0.5, 0.6) is 0 Å². The molecule has 1 unspecified atom stereocenters. The Kier molecular flexibility index (Phi) is 4.06. The molecule has 0 radical (unpaired) electrons. The third-order valence-corrected chi connectivity index (χ3v) is 6.93. The van der Waals surface area contributed by atoms with Gasteiger partial charge in [0.25, 0.3) is 0 Å². The Morgan fingerprint density at radius 2 is 1.76 bits per heavy atom. The summed E-state index contributed by atoms with van der Waals surface area (Å²) in [6.45, 7) is 0. The van der Waals surface area contributed by atoms with Crippen LogP contribution in [0.1, 0.15) is 69.3 Å². The van der Waals surface area contributed by atoms with E-state index in [9.17, 15) is 14.4 Å². The summed E-state index contributed by atoms with van der Waals surface area (Å²) in [6.07, 6.45) is 9.00. The molecule has 132 valence electrons. The van der Waals surface area contributed by atoms with Gasteiger partial charge < -0.3 is 5.32 Å². The van der Waals surface area contributed by atoms with Crippen molar-refractivity contribution < 1.29 is 9.18 Å². The number of nitrogens with one attached hydrogen (secondary N) is 1. The summed E-state index contributed by atoms with van der Waals surface area (Å²) in [5, 5.41) is 12.8. The molecule has 0 aliphatic heterocycles. The Morgan fingerprint density at radius 1 is 1.12 bits per heavy atom. The van der Waals surface area contributed by atoms with Crippen molar-refractivity contribution in [3.8, 4) is 6.07 Å². The zero-order valence-electron chi connectivity index (χ0n) is 14.6. The summed E-state index contributed by atoms with van der Waals surface area (Å²) in [5.41, 5.74) is 0.417. The molecule has 3 fully saturated rings. The highest BCUT2D eigenvalue weighted by atomic mass is 19.1. The van der Waals surface area contributed by atoms with Gasteiger partial charge in [0.1, 0.15) is 11.2 Å². The van der Waals surface area contributed by atoms with Crippen LogP contribution in [-0.2, 0) is 4.79 Å². The number of nitriles is 1. The number of hydrogen-bond donors (Lipinski definition) is 1. The number of amides is 1. The molecule has 0 saturated heterocycles. The summed E-state index contributed by atoms with van der Waals surface area (Å²) in [6, 6.07) is 9.33. The number of hydrogen-bond acceptors (Lipinski definition) is 2. The second-order valence-corrected chi connectivity index (χ2v) is 8.25. The Labute approximate surface area is 148 Å². The van der Waals surface area contributed by atoms with Crippen molar-refractivity contribution in [3.63, 3.8) is 0 Å². The summed E-state index contributed by atoms with van der Waals surface area (Å²) < 4.78 is 13.1. The first-order chi connectivity index (χ1) is 12.1. The minimum atomic E-state index is -0.753.